The largest absolute Gasteiger partial charge is 0.449 e. The van der Waals surface area contributed by atoms with E-state index in [4.69, 9.17) is 7.48 Å². The Morgan fingerprint density at radius 3 is 2.50 bits per heavy atom. The summed E-state index contributed by atoms with van der Waals surface area (Å²) in [4.78, 5) is 48.9. The molecule has 1 saturated heterocycles. The van der Waals surface area contributed by atoms with Crippen LogP contribution in [0.2, 0.25) is 0 Å². The maximum absolute atomic E-state index is 12.9. The van der Waals surface area contributed by atoms with Gasteiger partial charge in [-0.1, -0.05) is 33.1 Å². The average Bonchev–Trinajstić information content (AvgIpc) is 3.16. The van der Waals surface area contributed by atoms with E-state index in [0.717, 1.165) is 19.3 Å². The van der Waals surface area contributed by atoms with E-state index in [0.29, 0.717) is 50.4 Å². The molecule has 0 aromatic carbocycles. The second kappa shape index (κ2) is 11.7. The summed E-state index contributed by atoms with van der Waals surface area (Å²) < 4.78 is 22.1. The number of aldehydes is 1. The third-order valence-electron chi connectivity index (χ3n) is 6.95. The van der Waals surface area contributed by atoms with Gasteiger partial charge in [0.05, 0.1) is 15.3 Å². The van der Waals surface area contributed by atoms with Gasteiger partial charge in [0.2, 0.25) is 11.8 Å². The molecule has 1 heterocycles. The zero-order valence-electron chi connectivity index (χ0n) is 21.2. The Balaban J connectivity index is 1.57. The van der Waals surface area contributed by atoms with Crippen molar-refractivity contribution in [3.63, 3.8) is 0 Å². The van der Waals surface area contributed by atoms with Crippen molar-refractivity contribution in [3.05, 3.63) is 0 Å². The summed E-state index contributed by atoms with van der Waals surface area (Å²) in [7, 11) is 0. The lowest BCUT2D eigenvalue weighted by atomic mass is 9.68. The second-order valence-corrected chi connectivity index (χ2v) is 10.2. The predicted octanol–water partition coefficient (Wildman–Crippen LogP) is 2.55. The van der Waals surface area contributed by atoms with Gasteiger partial charge in [-0.2, -0.15) is 0 Å². The lowest BCUT2D eigenvalue weighted by molar-refractivity contribution is -0.127. The summed E-state index contributed by atoms with van der Waals surface area (Å²) in [5.74, 6) is -0.330. The van der Waals surface area contributed by atoms with Crippen LogP contribution in [0.5, 0.6) is 0 Å². The molecule has 32 heavy (non-hydrogen) atoms. The Morgan fingerprint density at radius 1 is 1.19 bits per heavy atom. The maximum Gasteiger partial charge on any atom is 0.407 e. The first-order valence-corrected chi connectivity index (χ1v) is 12.1. The van der Waals surface area contributed by atoms with Gasteiger partial charge in [0, 0.05) is 12.5 Å². The molecule has 8 heteroatoms. The van der Waals surface area contributed by atoms with Gasteiger partial charge in [0.25, 0.3) is 0 Å². The first kappa shape index (κ1) is 21.7. The van der Waals surface area contributed by atoms with Crippen LogP contribution < -0.4 is 16.0 Å². The number of amides is 3. The summed E-state index contributed by atoms with van der Waals surface area (Å²) in [5, 5.41) is 7.86. The molecule has 0 radical (unpaired) electrons. The standard InChI is InChI=1S/C24H39N3O5/c1-15(2)8-21(23(30)26-20(13-28)12-19-6-7-25-22(19)29)27-24(31)32-14-18-10-16-4-3-5-17(9-16)11-18/h13,15-21H,3-12,14H2,1-2H3,(H,25,29)(H,26,30)(H,27,31)/t16-,17+,18?,19-,20-,21-/m0/s1/i14D2. The van der Waals surface area contributed by atoms with Crippen molar-refractivity contribution in [2.24, 2.45) is 29.6 Å². The normalized spacial score (nSPS) is 30.4. The highest BCUT2D eigenvalue weighted by Gasteiger charge is 2.33. The minimum Gasteiger partial charge on any atom is -0.449 e. The number of carbonyl (C=O) groups excluding carboxylic acids is 4. The Morgan fingerprint density at radius 2 is 1.91 bits per heavy atom. The van der Waals surface area contributed by atoms with Gasteiger partial charge >= 0.3 is 6.09 Å². The van der Waals surface area contributed by atoms with Crippen LogP contribution in [0.3, 0.4) is 0 Å². The van der Waals surface area contributed by atoms with E-state index < -0.39 is 30.6 Å². The van der Waals surface area contributed by atoms with Crippen molar-refractivity contribution >= 4 is 24.2 Å². The number of fused-ring (bicyclic) bond motifs is 2. The molecule has 2 bridgehead atoms. The first-order valence-electron chi connectivity index (χ1n) is 13.1. The summed E-state index contributed by atoms with van der Waals surface area (Å²) in [6.07, 6.45) is 6.69. The molecule has 2 aliphatic carbocycles. The van der Waals surface area contributed by atoms with Gasteiger partial charge in [0.1, 0.15) is 12.3 Å². The molecule has 0 spiro atoms. The molecule has 3 N–H and O–H groups in total. The fourth-order valence-electron chi connectivity index (χ4n) is 5.45. The van der Waals surface area contributed by atoms with Crippen molar-refractivity contribution in [2.45, 2.75) is 83.7 Å². The number of hydrogen-bond acceptors (Lipinski definition) is 5. The summed E-state index contributed by atoms with van der Waals surface area (Å²) in [6.45, 7) is 2.23. The van der Waals surface area contributed by atoms with E-state index in [-0.39, 0.29) is 30.1 Å². The number of hydrogen-bond donors (Lipinski definition) is 3. The van der Waals surface area contributed by atoms with E-state index in [1.54, 1.807) is 0 Å². The summed E-state index contributed by atoms with van der Waals surface area (Å²) >= 11 is 0. The Labute approximate surface area is 193 Å². The predicted molar refractivity (Wildman–Crippen MR) is 120 cm³/mol. The third-order valence-corrected chi connectivity index (χ3v) is 6.95. The monoisotopic (exact) mass is 451 g/mol. The zero-order valence-corrected chi connectivity index (χ0v) is 19.2. The summed E-state index contributed by atoms with van der Waals surface area (Å²) in [6, 6.07) is -1.82. The van der Waals surface area contributed by atoms with E-state index >= 15 is 0 Å². The number of nitrogens with one attached hydrogen (secondary N) is 3. The molecular weight excluding hydrogens is 410 g/mol. The van der Waals surface area contributed by atoms with Crippen molar-refractivity contribution in [2.75, 3.05) is 13.1 Å². The van der Waals surface area contributed by atoms with Gasteiger partial charge in [-0.05, 0) is 62.2 Å². The molecule has 2 saturated carbocycles. The molecule has 0 aromatic heterocycles. The van der Waals surface area contributed by atoms with Crippen LogP contribution in [-0.4, -0.2) is 49.4 Å². The third kappa shape index (κ3) is 7.20. The highest BCUT2D eigenvalue weighted by atomic mass is 16.5. The van der Waals surface area contributed by atoms with E-state index in [9.17, 15) is 19.2 Å². The van der Waals surface area contributed by atoms with Crippen molar-refractivity contribution in [3.8, 4) is 0 Å². The molecule has 8 nitrogen and oxygen atoms in total. The first-order chi connectivity index (χ1) is 16.1. The smallest absolute Gasteiger partial charge is 0.407 e. The van der Waals surface area contributed by atoms with Crippen LogP contribution in [0, 0.1) is 29.6 Å². The fraction of sp³-hybridized carbons (Fsp3) is 0.833. The van der Waals surface area contributed by atoms with E-state index in [1.165, 1.54) is 6.42 Å². The fourth-order valence-corrected chi connectivity index (χ4v) is 5.45. The lowest BCUT2D eigenvalue weighted by Gasteiger charge is -2.38. The van der Waals surface area contributed by atoms with Gasteiger partial charge in [0.15, 0.2) is 0 Å². The molecule has 3 aliphatic rings. The molecule has 1 unspecified atom stereocenters. The molecular formula is C24H39N3O5. The van der Waals surface area contributed by atoms with E-state index in [1.807, 2.05) is 13.8 Å². The van der Waals surface area contributed by atoms with E-state index in [2.05, 4.69) is 16.0 Å². The van der Waals surface area contributed by atoms with Crippen LogP contribution in [-0.2, 0) is 19.1 Å². The Kier molecular flexibility index (Phi) is 7.91. The highest BCUT2D eigenvalue weighted by molar-refractivity contribution is 5.88. The molecule has 6 atom stereocenters. The molecule has 3 amide bonds. The van der Waals surface area contributed by atoms with Gasteiger partial charge in [-0.25, -0.2) is 4.79 Å². The number of ether oxygens (including phenoxy) is 1. The van der Waals surface area contributed by atoms with Crippen molar-refractivity contribution in [1.82, 2.24) is 16.0 Å². The Hall–Kier alpha value is -2.12. The lowest BCUT2D eigenvalue weighted by Crippen LogP contribution is -2.51. The number of carbonyl (C=O) groups is 4. The minimum absolute atomic E-state index is 0.0563. The summed E-state index contributed by atoms with van der Waals surface area (Å²) in [5.41, 5.74) is 0. The highest BCUT2D eigenvalue weighted by Crippen LogP contribution is 2.42. The van der Waals surface area contributed by atoms with Crippen LogP contribution >= 0.6 is 0 Å². The van der Waals surface area contributed by atoms with Gasteiger partial charge in [-0.3, -0.25) is 9.59 Å². The molecule has 3 fully saturated rings. The van der Waals surface area contributed by atoms with Crippen molar-refractivity contribution in [1.29, 1.82) is 0 Å². The molecule has 180 valence electrons. The Bertz CT molecular complexity index is 751. The van der Waals surface area contributed by atoms with Crippen LogP contribution in [0.1, 0.15) is 74.4 Å². The van der Waals surface area contributed by atoms with Crippen molar-refractivity contribution < 1.29 is 26.7 Å². The van der Waals surface area contributed by atoms with Crippen LogP contribution in [0.25, 0.3) is 0 Å². The van der Waals surface area contributed by atoms with Gasteiger partial charge < -0.3 is 25.5 Å². The minimum atomic E-state index is -2.11. The van der Waals surface area contributed by atoms with Crippen LogP contribution in [0.15, 0.2) is 0 Å². The molecule has 1 aliphatic heterocycles. The number of alkyl carbamates (subject to hydrolysis) is 1. The SMILES string of the molecule is [2H]C([2H])(OC(=O)N[C@@H](CC(C)C)C(=O)N[C@H](C=O)C[C@@H]1CCNC1=O)C1C[C@H]2CCC[C@@H](C1)C2. The topological polar surface area (TPSA) is 114 Å². The molecule has 3 rings (SSSR count). The van der Waals surface area contributed by atoms with Crippen LogP contribution in [0.4, 0.5) is 4.79 Å². The molecule has 0 aromatic rings. The average molecular weight is 452 g/mol. The maximum atomic E-state index is 12.9. The number of rotatable bonds is 10. The second-order valence-electron chi connectivity index (χ2n) is 10.2. The van der Waals surface area contributed by atoms with Gasteiger partial charge in [-0.15, -0.1) is 0 Å². The zero-order chi connectivity index (χ0) is 24.9. The quantitative estimate of drug-likeness (QED) is 0.442.